The van der Waals surface area contributed by atoms with Gasteiger partial charge in [-0.1, -0.05) is 15.9 Å². The zero-order chi connectivity index (χ0) is 14.2. The van der Waals surface area contributed by atoms with Gasteiger partial charge in [0.2, 0.25) is 0 Å². The summed E-state index contributed by atoms with van der Waals surface area (Å²) in [6.07, 6.45) is 1.74. The molecule has 0 aliphatic carbocycles. The molecule has 1 heterocycles. The first-order valence-corrected chi connectivity index (χ1v) is 7.16. The fourth-order valence-corrected chi connectivity index (χ4v) is 2.84. The van der Waals surface area contributed by atoms with E-state index in [1.54, 1.807) is 11.0 Å². The number of amides is 1. The van der Waals surface area contributed by atoms with E-state index in [1.807, 2.05) is 13.8 Å². The molecule has 1 aromatic carbocycles. The van der Waals surface area contributed by atoms with Gasteiger partial charge >= 0.3 is 0 Å². The van der Waals surface area contributed by atoms with Crippen molar-refractivity contribution in [3.8, 4) is 0 Å². The van der Waals surface area contributed by atoms with Gasteiger partial charge in [0.1, 0.15) is 5.82 Å². The van der Waals surface area contributed by atoms with Crippen LogP contribution in [-0.4, -0.2) is 28.9 Å². The molecule has 1 fully saturated rings. The van der Waals surface area contributed by atoms with Crippen molar-refractivity contribution in [3.05, 3.63) is 34.1 Å². The van der Waals surface area contributed by atoms with Crippen LogP contribution in [0.3, 0.4) is 0 Å². The Hall–Kier alpha value is -0.940. The van der Waals surface area contributed by atoms with E-state index in [9.17, 15) is 9.18 Å². The van der Waals surface area contributed by atoms with E-state index in [0.717, 1.165) is 12.8 Å². The Balaban J connectivity index is 2.35. The zero-order valence-corrected chi connectivity index (χ0v) is 12.7. The average molecular weight is 329 g/mol. The Labute approximate surface area is 121 Å². The predicted molar refractivity (Wildman–Crippen MR) is 76.4 cm³/mol. The Morgan fingerprint density at radius 2 is 2.21 bits per heavy atom. The number of rotatable bonds is 1. The summed E-state index contributed by atoms with van der Waals surface area (Å²) in [4.78, 5) is 14.2. The molecule has 1 aliphatic heterocycles. The number of nitrogens with two attached hydrogens (primary N) is 1. The first-order valence-electron chi connectivity index (χ1n) is 6.36. The van der Waals surface area contributed by atoms with Gasteiger partial charge in [-0.2, -0.15) is 0 Å². The molecule has 1 atom stereocenters. The van der Waals surface area contributed by atoms with Gasteiger partial charge in [0, 0.05) is 17.1 Å². The third-order valence-electron chi connectivity index (χ3n) is 3.90. The van der Waals surface area contributed by atoms with E-state index < -0.39 is 11.4 Å². The molecule has 0 saturated carbocycles. The summed E-state index contributed by atoms with van der Waals surface area (Å²) in [6.45, 7) is 4.49. The molecule has 2 rings (SSSR count). The maximum atomic E-state index is 13.8. The Morgan fingerprint density at radius 1 is 1.53 bits per heavy atom. The molecule has 0 aromatic heterocycles. The summed E-state index contributed by atoms with van der Waals surface area (Å²) in [5, 5.41) is 0. The smallest absolute Gasteiger partial charge is 0.257 e. The highest BCUT2D eigenvalue weighted by Crippen LogP contribution is 2.29. The van der Waals surface area contributed by atoms with Crippen LogP contribution in [0.25, 0.3) is 0 Å². The molecule has 0 spiro atoms. The van der Waals surface area contributed by atoms with Gasteiger partial charge < -0.3 is 10.6 Å². The van der Waals surface area contributed by atoms with Crippen LogP contribution in [0, 0.1) is 5.82 Å². The van der Waals surface area contributed by atoms with Crippen molar-refractivity contribution >= 4 is 21.8 Å². The predicted octanol–water partition coefficient (Wildman–Crippen LogP) is 2.93. The van der Waals surface area contributed by atoms with Crippen LogP contribution in [0.1, 0.15) is 37.0 Å². The minimum absolute atomic E-state index is 0.0829. The molecule has 19 heavy (non-hydrogen) atoms. The van der Waals surface area contributed by atoms with Crippen LogP contribution >= 0.6 is 15.9 Å². The Kier molecular flexibility index (Phi) is 3.97. The van der Waals surface area contributed by atoms with Crippen molar-refractivity contribution < 1.29 is 9.18 Å². The molecule has 1 amide bonds. The third kappa shape index (κ3) is 2.67. The average Bonchev–Trinajstić information content (AvgIpc) is 2.35. The van der Waals surface area contributed by atoms with Crippen molar-refractivity contribution in [2.75, 3.05) is 6.54 Å². The summed E-state index contributed by atoms with van der Waals surface area (Å²) in [5.41, 5.74) is 5.73. The van der Waals surface area contributed by atoms with Gasteiger partial charge in [0.05, 0.1) is 11.1 Å². The highest BCUT2D eigenvalue weighted by atomic mass is 79.9. The summed E-state index contributed by atoms with van der Waals surface area (Å²) in [6, 6.07) is 4.32. The lowest BCUT2D eigenvalue weighted by Crippen LogP contribution is -2.61. The van der Waals surface area contributed by atoms with Gasteiger partial charge in [0.15, 0.2) is 0 Å². The maximum Gasteiger partial charge on any atom is 0.257 e. The van der Waals surface area contributed by atoms with E-state index >= 15 is 0 Å². The van der Waals surface area contributed by atoms with Crippen LogP contribution in [-0.2, 0) is 0 Å². The van der Waals surface area contributed by atoms with Crippen molar-refractivity contribution in [2.24, 2.45) is 5.73 Å². The van der Waals surface area contributed by atoms with Gasteiger partial charge in [0.25, 0.3) is 5.91 Å². The monoisotopic (exact) mass is 328 g/mol. The summed E-state index contributed by atoms with van der Waals surface area (Å²) < 4.78 is 14.5. The number of hydrogen-bond donors (Lipinski definition) is 1. The number of piperidine rings is 1. The van der Waals surface area contributed by atoms with Gasteiger partial charge in [-0.05, 0) is 44.9 Å². The fourth-order valence-electron chi connectivity index (χ4n) is 2.48. The summed E-state index contributed by atoms with van der Waals surface area (Å²) in [5.74, 6) is -0.790. The van der Waals surface area contributed by atoms with Crippen LogP contribution in [0.2, 0.25) is 0 Å². The Morgan fingerprint density at radius 3 is 2.89 bits per heavy atom. The molecule has 1 aromatic rings. The molecule has 0 radical (unpaired) electrons. The van der Waals surface area contributed by atoms with E-state index in [4.69, 9.17) is 5.73 Å². The standard InChI is InChI=1S/C14H18BrFN2O/c1-14(2)12(17)4-3-7-18(14)13(19)10-8-9(15)5-6-11(10)16/h5-6,8,12H,3-4,7,17H2,1-2H3. The van der Waals surface area contributed by atoms with Gasteiger partial charge in [-0.15, -0.1) is 0 Å². The first kappa shape index (κ1) is 14.5. The fraction of sp³-hybridized carbons (Fsp3) is 0.500. The van der Waals surface area contributed by atoms with E-state index in [0.29, 0.717) is 11.0 Å². The highest BCUT2D eigenvalue weighted by molar-refractivity contribution is 9.10. The van der Waals surface area contributed by atoms with Crippen LogP contribution in [0.15, 0.2) is 22.7 Å². The van der Waals surface area contributed by atoms with Crippen molar-refractivity contribution in [2.45, 2.75) is 38.3 Å². The molecule has 2 N–H and O–H groups in total. The normalized spacial score (nSPS) is 22.4. The minimum atomic E-state index is -0.497. The zero-order valence-electron chi connectivity index (χ0n) is 11.1. The van der Waals surface area contributed by atoms with Crippen molar-refractivity contribution in [1.82, 2.24) is 4.90 Å². The minimum Gasteiger partial charge on any atom is -0.332 e. The number of likely N-dealkylation sites (tertiary alicyclic amines) is 1. The van der Waals surface area contributed by atoms with E-state index in [-0.39, 0.29) is 17.5 Å². The van der Waals surface area contributed by atoms with E-state index in [2.05, 4.69) is 15.9 Å². The number of benzene rings is 1. The molecule has 104 valence electrons. The number of nitrogens with zero attached hydrogens (tertiary/aromatic N) is 1. The molecular formula is C14H18BrFN2O. The molecule has 1 unspecified atom stereocenters. The molecule has 1 saturated heterocycles. The molecule has 5 heteroatoms. The topological polar surface area (TPSA) is 46.3 Å². The van der Waals surface area contributed by atoms with E-state index in [1.165, 1.54) is 12.1 Å². The first-order chi connectivity index (χ1) is 8.84. The maximum absolute atomic E-state index is 13.8. The van der Waals surface area contributed by atoms with Gasteiger partial charge in [-0.3, -0.25) is 4.79 Å². The highest BCUT2D eigenvalue weighted by Gasteiger charge is 2.40. The number of halogens is 2. The quantitative estimate of drug-likeness (QED) is 0.861. The van der Waals surface area contributed by atoms with Crippen molar-refractivity contribution in [3.63, 3.8) is 0 Å². The number of carbonyl (C=O) groups excluding carboxylic acids is 1. The van der Waals surface area contributed by atoms with Gasteiger partial charge in [-0.25, -0.2) is 4.39 Å². The SMILES string of the molecule is CC1(C)C(N)CCCN1C(=O)c1cc(Br)ccc1F. The van der Waals surface area contributed by atoms with Crippen molar-refractivity contribution in [1.29, 1.82) is 0 Å². The molecule has 1 aliphatic rings. The third-order valence-corrected chi connectivity index (χ3v) is 4.40. The lowest BCUT2D eigenvalue weighted by molar-refractivity contribution is 0.0358. The second-order valence-corrected chi connectivity index (χ2v) is 6.40. The number of hydrogen-bond acceptors (Lipinski definition) is 2. The van der Waals surface area contributed by atoms with Crippen LogP contribution < -0.4 is 5.73 Å². The number of carbonyl (C=O) groups is 1. The van der Waals surface area contributed by atoms with Crippen LogP contribution in [0.4, 0.5) is 4.39 Å². The largest absolute Gasteiger partial charge is 0.332 e. The summed E-state index contributed by atoms with van der Waals surface area (Å²) >= 11 is 3.27. The lowest BCUT2D eigenvalue weighted by Gasteiger charge is -2.46. The second kappa shape index (κ2) is 5.21. The molecular weight excluding hydrogens is 311 g/mol. The van der Waals surface area contributed by atoms with Crippen LogP contribution in [0.5, 0.6) is 0 Å². The summed E-state index contributed by atoms with van der Waals surface area (Å²) in [7, 11) is 0. The Bertz CT molecular complexity index is 504. The lowest BCUT2D eigenvalue weighted by atomic mass is 9.85. The second-order valence-electron chi connectivity index (χ2n) is 5.48. The molecule has 0 bridgehead atoms. The molecule has 3 nitrogen and oxygen atoms in total.